The number of nitrogens with zero attached hydrogens (tertiary/aromatic N) is 1. The second-order valence-corrected chi connectivity index (χ2v) is 8.38. The molecule has 3 aliphatic heterocycles. The summed E-state index contributed by atoms with van der Waals surface area (Å²) in [5.41, 5.74) is 3.85. The predicted octanol–water partition coefficient (Wildman–Crippen LogP) is 4.56. The first-order valence-electron chi connectivity index (χ1n) is 10.1. The zero-order valence-corrected chi connectivity index (χ0v) is 15.3. The minimum atomic E-state index is -0.180. The molecule has 3 heteroatoms. The number of piperidine rings is 1. The van der Waals surface area contributed by atoms with Gasteiger partial charge in [-0.1, -0.05) is 36.4 Å². The van der Waals surface area contributed by atoms with Crippen molar-refractivity contribution in [1.29, 1.82) is 0 Å². The molecule has 4 fully saturated rings. The maximum atomic E-state index is 13.1. The summed E-state index contributed by atoms with van der Waals surface area (Å²) in [5, 5.41) is 4.08. The van der Waals surface area contributed by atoms with E-state index in [1.165, 1.54) is 69.4 Å². The lowest BCUT2D eigenvalue weighted by Crippen LogP contribution is -2.43. The molecule has 1 unspecified atom stereocenters. The summed E-state index contributed by atoms with van der Waals surface area (Å²) in [7, 11) is 0. The van der Waals surface area contributed by atoms with Crippen molar-refractivity contribution < 1.29 is 4.39 Å². The first kappa shape index (κ1) is 16.5. The van der Waals surface area contributed by atoms with Gasteiger partial charge in [-0.25, -0.2) is 4.39 Å². The van der Waals surface area contributed by atoms with Gasteiger partial charge in [0, 0.05) is 11.6 Å². The van der Waals surface area contributed by atoms with Crippen molar-refractivity contribution in [2.75, 3.05) is 19.6 Å². The Morgan fingerprint density at radius 1 is 0.808 bits per heavy atom. The van der Waals surface area contributed by atoms with Gasteiger partial charge in [0.2, 0.25) is 0 Å². The van der Waals surface area contributed by atoms with Crippen LogP contribution in [0.1, 0.15) is 37.7 Å². The number of rotatable bonds is 4. The summed E-state index contributed by atoms with van der Waals surface area (Å²) in [4.78, 5) is 2.63. The molecule has 1 N–H and O–H groups in total. The standard InChI is InChI=1S/C23H27FN2/c24-21-7-3-18(4-8-21)17-1-5-20(6-2-17)23(12-13-23)25-22-11-16-26-14-9-19(22)10-15-26/h1-8,19,22,25H,9-16H2. The SMILES string of the molecule is Fc1ccc(-c2ccc(C3(NC4CCN5CCC4CC5)CC3)cc2)cc1. The van der Waals surface area contributed by atoms with E-state index in [1.807, 2.05) is 12.1 Å². The average Bonchev–Trinajstić information content (AvgIpc) is 3.51. The molecular formula is C23H27FN2. The average molecular weight is 350 g/mol. The maximum Gasteiger partial charge on any atom is 0.123 e. The predicted molar refractivity (Wildman–Crippen MR) is 103 cm³/mol. The van der Waals surface area contributed by atoms with Crippen LogP contribution < -0.4 is 5.32 Å². The molecule has 2 aromatic carbocycles. The third-order valence-corrected chi connectivity index (χ3v) is 6.78. The second-order valence-electron chi connectivity index (χ2n) is 8.38. The van der Waals surface area contributed by atoms with Crippen LogP contribution in [0.25, 0.3) is 11.1 Å². The molecule has 3 heterocycles. The molecule has 0 amide bonds. The molecule has 26 heavy (non-hydrogen) atoms. The van der Waals surface area contributed by atoms with Gasteiger partial charge < -0.3 is 10.2 Å². The van der Waals surface area contributed by atoms with E-state index >= 15 is 0 Å². The number of fused-ring (bicyclic) bond motifs is 4. The van der Waals surface area contributed by atoms with Crippen molar-refractivity contribution in [2.45, 2.75) is 43.7 Å². The van der Waals surface area contributed by atoms with Crippen molar-refractivity contribution in [3.05, 3.63) is 59.9 Å². The number of hydrogen-bond acceptors (Lipinski definition) is 2. The third kappa shape index (κ3) is 3.08. The fraction of sp³-hybridized carbons (Fsp3) is 0.478. The van der Waals surface area contributed by atoms with Crippen LogP contribution in [0.3, 0.4) is 0 Å². The van der Waals surface area contributed by atoms with Gasteiger partial charge in [-0.05, 0) is 86.5 Å². The lowest BCUT2D eigenvalue weighted by molar-refractivity contribution is 0.210. The molecule has 4 aliphatic rings. The van der Waals surface area contributed by atoms with Gasteiger partial charge in [0.25, 0.3) is 0 Å². The molecule has 2 bridgehead atoms. The summed E-state index contributed by atoms with van der Waals surface area (Å²) in [6, 6.07) is 16.4. The van der Waals surface area contributed by atoms with E-state index in [0.717, 1.165) is 17.0 Å². The summed E-state index contributed by atoms with van der Waals surface area (Å²) in [6.07, 6.45) is 6.50. The van der Waals surface area contributed by atoms with Crippen molar-refractivity contribution in [3.8, 4) is 11.1 Å². The molecule has 1 atom stereocenters. The Bertz CT molecular complexity index is 756. The zero-order chi connectivity index (χ0) is 17.6. The smallest absolute Gasteiger partial charge is 0.123 e. The van der Waals surface area contributed by atoms with Crippen molar-refractivity contribution in [2.24, 2.45) is 5.92 Å². The van der Waals surface area contributed by atoms with Crippen molar-refractivity contribution in [1.82, 2.24) is 10.2 Å². The molecular weight excluding hydrogens is 323 g/mol. The third-order valence-electron chi connectivity index (χ3n) is 6.78. The molecule has 2 aromatic rings. The number of nitrogens with one attached hydrogen (secondary N) is 1. The van der Waals surface area contributed by atoms with E-state index < -0.39 is 0 Å². The highest BCUT2D eigenvalue weighted by atomic mass is 19.1. The van der Waals surface area contributed by atoms with Crippen LogP contribution in [0.5, 0.6) is 0 Å². The highest BCUT2D eigenvalue weighted by Crippen LogP contribution is 2.47. The fourth-order valence-electron chi connectivity index (χ4n) is 4.95. The summed E-state index contributed by atoms with van der Waals surface area (Å²) in [6.45, 7) is 3.85. The van der Waals surface area contributed by atoms with Crippen LogP contribution in [0.15, 0.2) is 48.5 Å². The molecule has 136 valence electrons. The Morgan fingerprint density at radius 3 is 2.00 bits per heavy atom. The second kappa shape index (κ2) is 6.47. The van der Waals surface area contributed by atoms with Crippen LogP contribution in [0.4, 0.5) is 4.39 Å². The van der Waals surface area contributed by atoms with E-state index in [0.29, 0.717) is 6.04 Å². The number of benzene rings is 2. The Hall–Kier alpha value is -1.71. The fourth-order valence-corrected chi connectivity index (χ4v) is 4.95. The van der Waals surface area contributed by atoms with Crippen LogP contribution in [-0.2, 0) is 5.54 Å². The largest absolute Gasteiger partial charge is 0.304 e. The zero-order valence-electron chi connectivity index (χ0n) is 15.3. The molecule has 0 radical (unpaired) electrons. The van der Waals surface area contributed by atoms with Crippen LogP contribution >= 0.6 is 0 Å². The van der Waals surface area contributed by atoms with Crippen LogP contribution in [-0.4, -0.2) is 30.6 Å². The molecule has 1 aliphatic carbocycles. The van der Waals surface area contributed by atoms with E-state index in [9.17, 15) is 4.39 Å². The Kier molecular flexibility index (Phi) is 4.10. The van der Waals surface area contributed by atoms with Crippen molar-refractivity contribution >= 4 is 0 Å². The highest BCUT2D eigenvalue weighted by molar-refractivity contribution is 5.64. The van der Waals surface area contributed by atoms with Gasteiger partial charge >= 0.3 is 0 Å². The lowest BCUT2D eigenvalue weighted by Gasteiger charge is -2.32. The van der Waals surface area contributed by atoms with E-state index in [1.54, 1.807) is 0 Å². The topological polar surface area (TPSA) is 15.3 Å². The van der Waals surface area contributed by atoms with Crippen LogP contribution in [0.2, 0.25) is 0 Å². The Labute approximate surface area is 155 Å². The molecule has 6 rings (SSSR count). The molecule has 2 nitrogen and oxygen atoms in total. The van der Waals surface area contributed by atoms with Gasteiger partial charge in [0.1, 0.15) is 5.82 Å². The molecule has 3 saturated heterocycles. The Morgan fingerprint density at radius 2 is 1.38 bits per heavy atom. The lowest BCUT2D eigenvalue weighted by atomic mass is 9.89. The normalized spacial score (nSPS) is 29.3. The van der Waals surface area contributed by atoms with Gasteiger partial charge in [0.05, 0.1) is 0 Å². The molecule has 0 aromatic heterocycles. The minimum Gasteiger partial charge on any atom is -0.304 e. The molecule has 1 saturated carbocycles. The Balaban J connectivity index is 1.33. The van der Waals surface area contributed by atoms with E-state index in [4.69, 9.17) is 0 Å². The minimum absolute atomic E-state index is 0.180. The van der Waals surface area contributed by atoms with Gasteiger partial charge in [-0.2, -0.15) is 0 Å². The number of halogens is 1. The van der Waals surface area contributed by atoms with Gasteiger partial charge in [0.15, 0.2) is 0 Å². The number of hydrogen-bond donors (Lipinski definition) is 1. The first-order chi connectivity index (χ1) is 12.7. The maximum absolute atomic E-state index is 13.1. The van der Waals surface area contributed by atoms with Gasteiger partial charge in [-0.3, -0.25) is 0 Å². The van der Waals surface area contributed by atoms with E-state index in [-0.39, 0.29) is 11.4 Å². The van der Waals surface area contributed by atoms with Gasteiger partial charge in [-0.15, -0.1) is 0 Å². The van der Waals surface area contributed by atoms with E-state index in [2.05, 4.69) is 34.5 Å². The van der Waals surface area contributed by atoms with Crippen molar-refractivity contribution in [3.63, 3.8) is 0 Å². The summed E-state index contributed by atoms with van der Waals surface area (Å²) < 4.78 is 13.1. The quantitative estimate of drug-likeness (QED) is 0.870. The summed E-state index contributed by atoms with van der Waals surface area (Å²) in [5.74, 6) is 0.671. The highest BCUT2D eigenvalue weighted by Gasteiger charge is 2.47. The monoisotopic (exact) mass is 350 g/mol. The molecule has 0 spiro atoms. The van der Waals surface area contributed by atoms with Crippen LogP contribution in [0, 0.1) is 11.7 Å². The first-order valence-corrected chi connectivity index (χ1v) is 10.1. The summed E-state index contributed by atoms with van der Waals surface area (Å²) >= 11 is 0.